The Morgan fingerprint density at radius 3 is 2.80 bits per heavy atom. The largest absolute Gasteiger partial charge is 0.198 e. The first kappa shape index (κ1) is 7.30. The fraction of sp³-hybridized carbons (Fsp3) is 0.375. The summed E-state index contributed by atoms with van der Waals surface area (Å²) in [5.74, 6) is 0.0544. The number of rotatable bonds is 1. The van der Waals surface area contributed by atoms with Crippen LogP contribution in [0.4, 0.5) is 0 Å². The minimum Gasteiger partial charge on any atom is -0.198 e. The molecule has 0 saturated heterocycles. The molecule has 0 amide bonds. The van der Waals surface area contributed by atoms with Gasteiger partial charge in [0.2, 0.25) is 0 Å². The highest BCUT2D eigenvalue weighted by Crippen LogP contribution is 2.22. The molecular weight excluding hydrogens is 142 g/mol. The van der Waals surface area contributed by atoms with E-state index in [0.717, 1.165) is 0 Å². The Bertz CT molecular complexity index is 256. The molecule has 0 aliphatic heterocycles. The van der Waals surface area contributed by atoms with Gasteiger partial charge in [-0.05, 0) is 30.9 Å². The topological polar surface area (TPSA) is 23.8 Å². The Morgan fingerprint density at radius 1 is 1.70 bits per heavy atom. The van der Waals surface area contributed by atoms with Crippen molar-refractivity contribution >= 4 is 11.3 Å². The zero-order chi connectivity index (χ0) is 7.56. The van der Waals surface area contributed by atoms with Crippen molar-refractivity contribution < 1.29 is 0 Å². The third-order valence-corrected chi connectivity index (χ3v) is 2.60. The SMILES string of the molecule is Cc1csc(C(C)C#N)c1. The summed E-state index contributed by atoms with van der Waals surface area (Å²) < 4.78 is 0. The molecule has 0 bridgehead atoms. The number of nitrogens with zero attached hydrogens (tertiary/aromatic N) is 1. The molecule has 1 unspecified atom stereocenters. The van der Waals surface area contributed by atoms with Crippen molar-refractivity contribution in [3.63, 3.8) is 0 Å². The maximum Gasteiger partial charge on any atom is 0.0778 e. The lowest BCUT2D eigenvalue weighted by Crippen LogP contribution is -1.81. The summed E-state index contributed by atoms with van der Waals surface area (Å²) in [6.45, 7) is 3.97. The van der Waals surface area contributed by atoms with Crippen LogP contribution in [0.1, 0.15) is 23.3 Å². The number of nitriles is 1. The molecule has 52 valence electrons. The third-order valence-electron chi connectivity index (χ3n) is 1.37. The van der Waals surface area contributed by atoms with Crippen LogP contribution < -0.4 is 0 Å². The van der Waals surface area contributed by atoms with Crippen molar-refractivity contribution in [3.05, 3.63) is 21.9 Å². The van der Waals surface area contributed by atoms with E-state index in [1.54, 1.807) is 11.3 Å². The number of hydrogen-bond acceptors (Lipinski definition) is 2. The molecule has 0 fully saturated rings. The van der Waals surface area contributed by atoms with Crippen molar-refractivity contribution in [2.45, 2.75) is 19.8 Å². The molecule has 0 saturated carbocycles. The van der Waals surface area contributed by atoms with Crippen LogP contribution >= 0.6 is 11.3 Å². The molecule has 2 heteroatoms. The molecule has 0 radical (unpaired) electrons. The lowest BCUT2D eigenvalue weighted by Gasteiger charge is -1.93. The maximum absolute atomic E-state index is 8.55. The Hall–Kier alpha value is -0.810. The molecule has 10 heavy (non-hydrogen) atoms. The molecular formula is C8H9NS. The highest BCUT2D eigenvalue weighted by molar-refractivity contribution is 7.10. The second-order valence-electron chi connectivity index (χ2n) is 2.38. The standard InChI is InChI=1S/C8H9NS/c1-6-3-8(10-5-6)7(2)4-9/h3,5,7H,1-2H3. The van der Waals surface area contributed by atoms with Crippen LogP contribution in [0.2, 0.25) is 0 Å². The smallest absolute Gasteiger partial charge is 0.0778 e. The minimum absolute atomic E-state index is 0.0544. The first-order valence-electron chi connectivity index (χ1n) is 3.18. The highest BCUT2D eigenvalue weighted by atomic mass is 32.1. The quantitative estimate of drug-likeness (QED) is 0.605. The van der Waals surface area contributed by atoms with Crippen molar-refractivity contribution in [2.75, 3.05) is 0 Å². The maximum atomic E-state index is 8.55. The normalized spacial score (nSPS) is 12.5. The molecule has 0 aliphatic rings. The lowest BCUT2D eigenvalue weighted by molar-refractivity contribution is 1.01. The molecule has 0 N–H and O–H groups in total. The first-order valence-corrected chi connectivity index (χ1v) is 4.06. The molecule has 0 spiro atoms. The van der Waals surface area contributed by atoms with Gasteiger partial charge in [-0.1, -0.05) is 0 Å². The van der Waals surface area contributed by atoms with E-state index < -0.39 is 0 Å². The zero-order valence-electron chi connectivity index (χ0n) is 6.09. The van der Waals surface area contributed by atoms with Gasteiger partial charge in [0.15, 0.2) is 0 Å². The molecule has 1 aromatic heterocycles. The van der Waals surface area contributed by atoms with Gasteiger partial charge in [-0.25, -0.2) is 0 Å². The van der Waals surface area contributed by atoms with E-state index in [2.05, 4.69) is 17.5 Å². The van der Waals surface area contributed by atoms with Gasteiger partial charge in [-0.2, -0.15) is 5.26 Å². The third kappa shape index (κ3) is 1.37. The van der Waals surface area contributed by atoms with Crippen LogP contribution in [0.5, 0.6) is 0 Å². The Labute approximate surface area is 64.9 Å². The average Bonchev–Trinajstić information content (AvgIpc) is 2.34. The van der Waals surface area contributed by atoms with E-state index in [4.69, 9.17) is 5.26 Å². The zero-order valence-corrected chi connectivity index (χ0v) is 6.90. The van der Waals surface area contributed by atoms with E-state index in [0.29, 0.717) is 0 Å². The fourth-order valence-corrected chi connectivity index (χ4v) is 1.64. The lowest BCUT2D eigenvalue weighted by atomic mass is 10.1. The van der Waals surface area contributed by atoms with E-state index in [1.807, 2.05) is 13.8 Å². The first-order chi connectivity index (χ1) is 4.74. The highest BCUT2D eigenvalue weighted by Gasteiger charge is 2.04. The predicted molar refractivity (Wildman–Crippen MR) is 43.1 cm³/mol. The van der Waals surface area contributed by atoms with Crippen molar-refractivity contribution in [3.8, 4) is 6.07 Å². The second-order valence-corrected chi connectivity index (χ2v) is 3.32. The molecule has 1 atom stereocenters. The predicted octanol–water partition coefficient (Wildman–Crippen LogP) is 2.68. The summed E-state index contributed by atoms with van der Waals surface area (Å²) in [6.07, 6.45) is 0. The van der Waals surface area contributed by atoms with Crippen LogP contribution in [-0.4, -0.2) is 0 Å². The van der Waals surface area contributed by atoms with E-state index in [1.165, 1.54) is 10.4 Å². The second kappa shape index (κ2) is 2.85. The summed E-state index contributed by atoms with van der Waals surface area (Å²) in [6, 6.07) is 4.27. The van der Waals surface area contributed by atoms with E-state index in [-0.39, 0.29) is 5.92 Å². The average molecular weight is 151 g/mol. The van der Waals surface area contributed by atoms with E-state index in [9.17, 15) is 0 Å². The van der Waals surface area contributed by atoms with Crippen LogP contribution in [0.15, 0.2) is 11.4 Å². The van der Waals surface area contributed by atoms with Gasteiger partial charge < -0.3 is 0 Å². The Morgan fingerprint density at radius 2 is 2.40 bits per heavy atom. The van der Waals surface area contributed by atoms with Gasteiger partial charge in [-0.15, -0.1) is 11.3 Å². The monoisotopic (exact) mass is 151 g/mol. The summed E-state index contributed by atoms with van der Waals surface area (Å²) in [5, 5.41) is 10.6. The number of thiophene rings is 1. The van der Waals surface area contributed by atoms with Crippen LogP contribution in [0.25, 0.3) is 0 Å². The van der Waals surface area contributed by atoms with Gasteiger partial charge in [-0.3, -0.25) is 0 Å². The molecule has 1 aromatic rings. The summed E-state index contributed by atoms with van der Waals surface area (Å²) in [7, 11) is 0. The summed E-state index contributed by atoms with van der Waals surface area (Å²) in [4.78, 5) is 1.17. The molecule has 1 rings (SSSR count). The van der Waals surface area contributed by atoms with Gasteiger partial charge in [0, 0.05) is 4.88 Å². The van der Waals surface area contributed by atoms with Crippen molar-refractivity contribution in [1.29, 1.82) is 5.26 Å². The Kier molecular flexibility index (Phi) is 2.08. The van der Waals surface area contributed by atoms with Crippen LogP contribution in [-0.2, 0) is 0 Å². The summed E-state index contributed by atoms with van der Waals surface area (Å²) in [5.41, 5.74) is 1.25. The summed E-state index contributed by atoms with van der Waals surface area (Å²) >= 11 is 1.66. The Balaban J connectivity index is 2.87. The van der Waals surface area contributed by atoms with Gasteiger partial charge in [0.1, 0.15) is 0 Å². The van der Waals surface area contributed by atoms with Crippen LogP contribution in [0.3, 0.4) is 0 Å². The van der Waals surface area contributed by atoms with Crippen LogP contribution in [0, 0.1) is 18.3 Å². The molecule has 0 aliphatic carbocycles. The van der Waals surface area contributed by atoms with E-state index >= 15 is 0 Å². The minimum atomic E-state index is 0.0544. The molecule has 1 nitrogen and oxygen atoms in total. The number of aryl methyl sites for hydroxylation is 1. The number of hydrogen-bond donors (Lipinski definition) is 0. The van der Waals surface area contributed by atoms with Crippen molar-refractivity contribution in [1.82, 2.24) is 0 Å². The molecule has 1 heterocycles. The van der Waals surface area contributed by atoms with Gasteiger partial charge >= 0.3 is 0 Å². The van der Waals surface area contributed by atoms with Gasteiger partial charge in [0.05, 0.1) is 12.0 Å². The van der Waals surface area contributed by atoms with Gasteiger partial charge in [0.25, 0.3) is 0 Å². The fourth-order valence-electron chi connectivity index (χ4n) is 0.744. The van der Waals surface area contributed by atoms with Crippen molar-refractivity contribution in [2.24, 2.45) is 0 Å². The molecule has 0 aromatic carbocycles.